The first kappa shape index (κ1) is 89.8. The highest BCUT2D eigenvalue weighted by molar-refractivity contribution is 7.99. The molecule has 9 aromatic rings. The minimum absolute atomic E-state index is 0.759. The fraction of sp³-hybridized carbons (Fsp3) is 0.431. The summed E-state index contributed by atoms with van der Waals surface area (Å²) in [5.41, 5.74) is 6.11. The highest BCUT2D eigenvalue weighted by Gasteiger charge is 2.07. The second kappa shape index (κ2) is 77.1. The van der Waals surface area contributed by atoms with Crippen molar-refractivity contribution in [2.45, 2.75) is 204 Å². The van der Waals surface area contributed by atoms with E-state index in [9.17, 15) is 0 Å². The van der Waals surface area contributed by atoms with Crippen LogP contribution in [0.4, 0.5) is 0 Å². The monoisotopic (exact) mass is 1160 g/mol. The van der Waals surface area contributed by atoms with Crippen LogP contribution in [0.25, 0.3) is 21.7 Å². The lowest BCUT2D eigenvalue weighted by Gasteiger charge is -2.15. The maximum atomic E-state index is 5.42. The van der Waals surface area contributed by atoms with E-state index in [2.05, 4.69) is 106 Å². The van der Waals surface area contributed by atoms with E-state index in [1.165, 1.54) is 76.2 Å². The van der Waals surface area contributed by atoms with Gasteiger partial charge in [0.05, 0.1) is 24.0 Å². The zero-order valence-corrected chi connectivity index (χ0v) is 57.7. The van der Waals surface area contributed by atoms with Gasteiger partial charge in [-0.1, -0.05) is 237 Å². The van der Waals surface area contributed by atoms with Crippen molar-refractivity contribution in [3.05, 3.63) is 212 Å². The first-order valence-corrected chi connectivity index (χ1v) is 32.1. The first-order valence-electron chi connectivity index (χ1n) is 31.1. The molecule has 83 heavy (non-hydrogen) atoms. The molecule has 0 aliphatic carbocycles. The van der Waals surface area contributed by atoms with Crippen LogP contribution in [0, 0.1) is 20.8 Å². The van der Waals surface area contributed by atoms with Crippen LogP contribution in [-0.4, -0.2) is 57.4 Å². The molecule has 0 saturated carbocycles. The van der Waals surface area contributed by atoms with Gasteiger partial charge in [0.25, 0.3) is 0 Å². The molecule has 10 nitrogen and oxygen atoms in total. The zero-order chi connectivity index (χ0) is 64.6. The van der Waals surface area contributed by atoms with Gasteiger partial charge in [-0.05, 0) is 122 Å². The highest BCUT2D eigenvalue weighted by atomic mass is 32.2. The van der Waals surface area contributed by atoms with E-state index in [1.807, 2.05) is 270 Å². The first-order chi connectivity index (χ1) is 41.0. The molecule has 462 valence electrons. The molecule has 0 atom stereocenters. The van der Waals surface area contributed by atoms with Crippen LogP contribution in [0.2, 0.25) is 0 Å². The van der Waals surface area contributed by atoms with E-state index in [1.54, 1.807) is 24.2 Å². The number of pyridine rings is 3. The van der Waals surface area contributed by atoms with Crippen molar-refractivity contribution < 1.29 is 4.74 Å². The minimum atomic E-state index is 0.759. The minimum Gasteiger partial charge on any atom is -0.493 e. The van der Waals surface area contributed by atoms with Crippen molar-refractivity contribution in [2.24, 2.45) is 0 Å². The molecule has 2 aliphatic rings. The normalized spacial score (nSPS) is 9.27. The number of thioether (sulfide) groups is 1. The number of aromatic nitrogens is 9. The maximum Gasteiger partial charge on any atom is 0.138 e. The standard InChI is InChI=1S/2C9H7N.C9H10O.C9H10S.C6H7N.2C4H5N3.11C2H6/c1-2-6-9-8(4-1)5-3-7-10-9;1-2-4-9-7-10-6-5-8(9)3-1;2*1-2-6-9-8(4-1)5-3-7-10-9;1-6-2-4-7-5-3-6;1-4-6-2-5-3-7-4;1-4-2-6-7-3-5-4;11*1-2/h2*1-7H;2*1-2,4,6H,3,5,7H2;2-5H,1H3;2*2-3H,1H3;11*1-2H3. The molecular weight excluding hydrogens is 1040 g/mol. The molecule has 0 N–H and O–H groups in total. The van der Waals surface area contributed by atoms with Crippen LogP contribution in [0.15, 0.2) is 188 Å². The lowest BCUT2D eigenvalue weighted by molar-refractivity contribution is 0.288. The van der Waals surface area contributed by atoms with E-state index in [-0.39, 0.29) is 0 Å². The number of para-hydroxylation sites is 2. The molecule has 11 heteroatoms. The van der Waals surface area contributed by atoms with Crippen molar-refractivity contribution in [3.63, 3.8) is 0 Å². The van der Waals surface area contributed by atoms with E-state index in [0.29, 0.717) is 0 Å². The second-order valence-electron chi connectivity index (χ2n) is 13.5. The Labute approximate surface area is 514 Å². The number of ether oxygens (including phenoxy) is 1. The summed E-state index contributed by atoms with van der Waals surface area (Å²) >= 11 is 1.99. The molecule has 0 radical (unpaired) electrons. The number of nitrogens with zero attached hydrogens (tertiary/aromatic N) is 9. The Morgan fingerprint density at radius 1 is 0.373 bits per heavy atom. The molecule has 0 spiro atoms. The van der Waals surface area contributed by atoms with Crippen LogP contribution in [0.5, 0.6) is 5.75 Å². The van der Waals surface area contributed by atoms with Gasteiger partial charge in [0.1, 0.15) is 30.6 Å². The topological polar surface area (TPSA) is 125 Å². The summed E-state index contributed by atoms with van der Waals surface area (Å²) in [4.78, 5) is 28.5. The Morgan fingerprint density at radius 2 is 0.867 bits per heavy atom. The average molecular weight is 1160 g/mol. The van der Waals surface area contributed by atoms with Crippen molar-refractivity contribution in [3.8, 4) is 5.75 Å². The van der Waals surface area contributed by atoms with Gasteiger partial charge < -0.3 is 4.74 Å². The van der Waals surface area contributed by atoms with Crippen LogP contribution >= 0.6 is 11.8 Å². The Balaban J connectivity index is -0.000000154. The largest absolute Gasteiger partial charge is 0.493 e. The molecule has 0 fully saturated rings. The van der Waals surface area contributed by atoms with E-state index < -0.39 is 0 Å². The number of benzene rings is 4. The molecular formula is C72H117N9OS. The zero-order valence-electron chi connectivity index (χ0n) is 56.9. The summed E-state index contributed by atoms with van der Waals surface area (Å²) in [6.07, 6.45) is 20.0. The average Bonchev–Trinajstić information content (AvgIpc) is 3.63. The Bertz CT molecular complexity index is 2160. The van der Waals surface area contributed by atoms with Gasteiger partial charge >= 0.3 is 0 Å². The molecule has 2 aliphatic heterocycles. The van der Waals surface area contributed by atoms with E-state index >= 15 is 0 Å². The summed E-state index contributed by atoms with van der Waals surface area (Å²) in [6.45, 7) is 50.6. The van der Waals surface area contributed by atoms with Crippen molar-refractivity contribution in [2.75, 3.05) is 12.4 Å². The molecule has 4 aromatic carbocycles. The van der Waals surface area contributed by atoms with Crippen molar-refractivity contribution >= 4 is 33.4 Å². The summed E-state index contributed by atoms with van der Waals surface area (Å²) in [7, 11) is 0. The maximum absolute atomic E-state index is 5.42. The molecule has 0 saturated heterocycles. The number of hydrogen-bond acceptors (Lipinski definition) is 11. The van der Waals surface area contributed by atoms with Crippen LogP contribution in [-0.2, 0) is 12.8 Å². The van der Waals surface area contributed by atoms with Crippen LogP contribution in [0.3, 0.4) is 0 Å². The fourth-order valence-corrected chi connectivity index (χ4v) is 6.69. The summed E-state index contributed by atoms with van der Waals surface area (Å²) in [6, 6.07) is 43.2. The number of fused-ring (bicyclic) bond motifs is 4. The summed E-state index contributed by atoms with van der Waals surface area (Å²) in [5, 5.41) is 10.7. The predicted molar refractivity (Wildman–Crippen MR) is 372 cm³/mol. The van der Waals surface area contributed by atoms with Gasteiger partial charge in [-0.3, -0.25) is 15.0 Å². The quantitative estimate of drug-likeness (QED) is 0.144. The van der Waals surface area contributed by atoms with E-state index in [0.717, 1.165) is 35.8 Å². The highest BCUT2D eigenvalue weighted by Crippen LogP contribution is 2.29. The SMILES string of the molecule is CC.CC.CC.CC.CC.CC.CC.CC.CC.CC.CC.Cc1ccncc1.Cc1cnncn1.Cc1ncncn1.c1ccc2c(c1)CCCO2.c1ccc2c(c1)CCCS2.c1ccc2cnccc2c1.c1ccc2ncccc2c1. The third-order valence-corrected chi connectivity index (χ3v) is 10.00. The lowest BCUT2D eigenvalue weighted by atomic mass is 10.1. The van der Waals surface area contributed by atoms with Crippen LogP contribution < -0.4 is 4.74 Å². The third-order valence-electron chi connectivity index (χ3n) is 8.80. The number of aryl methyl sites for hydroxylation is 5. The number of rotatable bonds is 0. The van der Waals surface area contributed by atoms with Gasteiger partial charge in [0, 0.05) is 41.3 Å². The second-order valence-corrected chi connectivity index (χ2v) is 14.6. The predicted octanol–water partition coefficient (Wildman–Crippen LogP) is 22.2. The van der Waals surface area contributed by atoms with Crippen molar-refractivity contribution in [1.29, 1.82) is 0 Å². The van der Waals surface area contributed by atoms with Gasteiger partial charge in [-0.2, -0.15) is 5.10 Å². The van der Waals surface area contributed by atoms with Crippen molar-refractivity contribution in [1.82, 2.24) is 45.1 Å². The fourth-order valence-electron chi connectivity index (χ4n) is 5.66. The van der Waals surface area contributed by atoms with Gasteiger partial charge in [-0.15, -0.1) is 16.9 Å². The van der Waals surface area contributed by atoms with Gasteiger partial charge in [0.2, 0.25) is 0 Å². The third kappa shape index (κ3) is 50.5. The molecule has 0 amide bonds. The summed E-state index contributed by atoms with van der Waals surface area (Å²) in [5.74, 6) is 3.14. The Kier molecular flexibility index (Phi) is 83.4. The van der Waals surface area contributed by atoms with Gasteiger partial charge in [-0.25, -0.2) is 19.9 Å². The molecule has 0 unspecified atom stereocenters. The number of hydrogen-bond donors (Lipinski definition) is 0. The molecule has 0 bridgehead atoms. The van der Waals surface area contributed by atoms with E-state index in [4.69, 9.17) is 4.74 Å². The molecule has 7 heterocycles. The molecule has 11 rings (SSSR count). The smallest absolute Gasteiger partial charge is 0.138 e. The van der Waals surface area contributed by atoms with Crippen LogP contribution in [0.1, 0.15) is 193 Å². The summed E-state index contributed by atoms with van der Waals surface area (Å²) < 4.78 is 5.42. The van der Waals surface area contributed by atoms with Gasteiger partial charge in [0.15, 0.2) is 0 Å². The Morgan fingerprint density at radius 3 is 1.34 bits per heavy atom. The Hall–Kier alpha value is -6.98. The molecule has 5 aromatic heterocycles. The lowest BCUT2D eigenvalue weighted by Crippen LogP contribution is -2.07.